The van der Waals surface area contributed by atoms with Gasteiger partial charge in [-0.2, -0.15) is 0 Å². The van der Waals surface area contributed by atoms with Gasteiger partial charge in [-0.05, 0) is 25.7 Å². The summed E-state index contributed by atoms with van der Waals surface area (Å²) < 4.78 is 1.23. The Morgan fingerprint density at radius 2 is 2.20 bits per heavy atom. The lowest BCUT2D eigenvalue weighted by molar-refractivity contribution is -0.136. The van der Waals surface area contributed by atoms with Gasteiger partial charge in [-0.15, -0.1) is 5.10 Å². The molecule has 0 bridgehead atoms. The molecular formula is C12H18N4O4. The van der Waals surface area contributed by atoms with Crippen molar-refractivity contribution >= 4 is 11.9 Å². The lowest BCUT2D eigenvalue weighted by Crippen LogP contribution is -2.46. The van der Waals surface area contributed by atoms with Crippen LogP contribution in [0.2, 0.25) is 0 Å². The molecule has 0 radical (unpaired) electrons. The second kappa shape index (κ2) is 6.47. The van der Waals surface area contributed by atoms with Crippen molar-refractivity contribution in [3.8, 4) is 0 Å². The predicted octanol–water partition coefficient (Wildman–Crippen LogP) is -0.260. The molecule has 1 aromatic heterocycles. The van der Waals surface area contributed by atoms with Gasteiger partial charge in [0.2, 0.25) is 5.91 Å². The molecule has 1 aromatic rings. The number of hydrogen-bond donors (Lipinski definition) is 2. The molecule has 1 aliphatic carbocycles. The van der Waals surface area contributed by atoms with E-state index in [0.29, 0.717) is 13.0 Å². The van der Waals surface area contributed by atoms with E-state index < -0.39 is 5.97 Å². The first kappa shape index (κ1) is 14.4. The van der Waals surface area contributed by atoms with Crippen LogP contribution in [0.3, 0.4) is 0 Å². The van der Waals surface area contributed by atoms with E-state index in [4.69, 9.17) is 10.2 Å². The number of rotatable bonds is 7. The summed E-state index contributed by atoms with van der Waals surface area (Å²) in [5.74, 6) is -1.29. The average Bonchev–Trinajstić information content (AvgIpc) is 2.80. The number of aliphatic hydroxyl groups is 1. The minimum absolute atomic E-state index is 0.0256. The van der Waals surface area contributed by atoms with E-state index in [2.05, 4.69) is 10.3 Å². The quantitative estimate of drug-likeness (QED) is 0.713. The van der Waals surface area contributed by atoms with Gasteiger partial charge in [0.25, 0.3) is 0 Å². The SMILES string of the molecule is O=C(O)c1cn(CC(=O)N(CCCO)C2CCC2)nn1. The van der Waals surface area contributed by atoms with Gasteiger partial charge < -0.3 is 15.1 Å². The number of aliphatic hydroxyl groups excluding tert-OH is 1. The maximum absolute atomic E-state index is 12.2. The zero-order valence-corrected chi connectivity index (χ0v) is 11.1. The standard InChI is InChI=1S/C12H18N4O4/c17-6-2-5-16(9-3-1-4-9)11(18)8-15-7-10(12(19)20)13-14-15/h7,9,17H,1-6,8H2,(H,19,20). The smallest absolute Gasteiger partial charge is 0.358 e. The Morgan fingerprint density at radius 3 is 2.70 bits per heavy atom. The Labute approximate surface area is 116 Å². The Kier molecular flexibility index (Phi) is 4.67. The fourth-order valence-corrected chi connectivity index (χ4v) is 2.15. The molecule has 1 aliphatic rings. The molecule has 0 unspecified atom stereocenters. The van der Waals surface area contributed by atoms with E-state index in [1.165, 1.54) is 10.9 Å². The van der Waals surface area contributed by atoms with Crippen LogP contribution < -0.4 is 0 Å². The van der Waals surface area contributed by atoms with E-state index in [9.17, 15) is 9.59 Å². The van der Waals surface area contributed by atoms with Gasteiger partial charge in [0.05, 0.1) is 6.20 Å². The molecule has 0 aromatic carbocycles. The van der Waals surface area contributed by atoms with Crippen LogP contribution in [-0.2, 0) is 11.3 Å². The third-order valence-corrected chi connectivity index (χ3v) is 3.45. The molecule has 1 amide bonds. The molecule has 20 heavy (non-hydrogen) atoms. The first-order valence-corrected chi connectivity index (χ1v) is 6.65. The number of nitrogens with zero attached hydrogens (tertiary/aromatic N) is 4. The number of carbonyl (C=O) groups excluding carboxylic acids is 1. The summed E-state index contributed by atoms with van der Waals surface area (Å²) in [5.41, 5.74) is -0.177. The summed E-state index contributed by atoms with van der Waals surface area (Å²) in [6, 6.07) is 0.233. The second-order valence-electron chi connectivity index (χ2n) is 4.86. The minimum Gasteiger partial charge on any atom is -0.476 e. The molecule has 110 valence electrons. The highest BCUT2D eigenvalue weighted by Crippen LogP contribution is 2.25. The number of carboxylic acid groups (broad SMARTS) is 1. The van der Waals surface area contributed by atoms with Crippen LogP contribution in [-0.4, -0.2) is 61.2 Å². The van der Waals surface area contributed by atoms with E-state index >= 15 is 0 Å². The third-order valence-electron chi connectivity index (χ3n) is 3.45. The van der Waals surface area contributed by atoms with Gasteiger partial charge >= 0.3 is 5.97 Å². The zero-order valence-electron chi connectivity index (χ0n) is 11.1. The number of aromatic nitrogens is 3. The molecule has 0 atom stereocenters. The zero-order chi connectivity index (χ0) is 14.5. The number of amides is 1. The lowest BCUT2D eigenvalue weighted by Gasteiger charge is -2.37. The molecule has 0 saturated heterocycles. The molecule has 1 saturated carbocycles. The van der Waals surface area contributed by atoms with E-state index in [-0.39, 0.29) is 30.8 Å². The predicted molar refractivity (Wildman–Crippen MR) is 68.0 cm³/mol. The fraction of sp³-hybridized carbons (Fsp3) is 0.667. The number of hydrogen-bond acceptors (Lipinski definition) is 5. The monoisotopic (exact) mass is 282 g/mol. The van der Waals surface area contributed by atoms with Gasteiger partial charge in [-0.1, -0.05) is 5.21 Å². The second-order valence-corrected chi connectivity index (χ2v) is 4.86. The van der Waals surface area contributed by atoms with Crippen molar-refractivity contribution in [1.82, 2.24) is 19.9 Å². The van der Waals surface area contributed by atoms with Gasteiger partial charge in [-0.3, -0.25) is 4.79 Å². The van der Waals surface area contributed by atoms with Crippen LogP contribution in [0.4, 0.5) is 0 Å². The Bertz CT molecular complexity index is 484. The summed E-state index contributed by atoms with van der Waals surface area (Å²) in [7, 11) is 0. The number of aromatic carboxylic acids is 1. The van der Waals surface area contributed by atoms with Crippen molar-refractivity contribution in [2.75, 3.05) is 13.2 Å². The highest BCUT2D eigenvalue weighted by atomic mass is 16.4. The van der Waals surface area contributed by atoms with Crippen LogP contribution in [0.1, 0.15) is 36.2 Å². The molecule has 2 N–H and O–H groups in total. The number of carboxylic acids is 1. The van der Waals surface area contributed by atoms with E-state index in [0.717, 1.165) is 19.3 Å². The normalized spacial score (nSPS) is 14.8. The maximum Gasteiger partial charge on any atom is 0.358 e. The molecule has 0 aliphatic heterocycles. The summed E-state index contributed by atoms with van der Waals surface area (Å²) in [5, 5.41) is 24.8. The summed E-state index contributed by atoms with van der Waals surface area (Å²) in [6.45, 7) is 0.533. The number of carbonyl (C=O) groups is 2. The molecule has 1 fully saturated rings. The van der Waals surface area contributed by atoms with Gasteiger partial charge in [0, 0.05) is 19.2 Å². The topological polar surface area (TPSA) is 109 Å². The summed E-state index contributed by atoms with van der Waals surface area (Å²) in [6.07, 6.45) is 4.86. The molecular weight excluding hydrogens is 264 g/mol. The summed E-state index contributed by atoms with van der Waals surface area (Å²) in [4.78, 5) is 24.7. The van der Waals surface area contributed by atoms with Crippen molar-refractivity contribution < 1.29 is 19.8 Å². The highest BCUT2D eigenvalue weighted by Gasteiger charge is 2.28. The van der Waals surface area contributed by atoms with Crippen LogP contribution in [0.25, 0.3) is 0 Å². The average molecular weight is 282 g/mol. The van der Waals surface area contributed by atoms with Crippen LogP contribution in [0.5, 0.6) is 0 Å². The van der Waals surface area contributed by atoms with Crippen molar-refractivity contribution in [2.45, 2.75) is 38.3 Å². The molecule has 1 heterocycles. The molecule has 8 heteroatoms. The molecule has 2 rings (SSSR count). The van der Waals surface area contributed by atoms with E-state index in [1.807, 2.05) is 0 Å². The first-order chi connectivity index (χ1) is 9.61. The Balaban J connectivity index is 1.97. The van der Waals surface area contributed by atoms with Crippen LogP contribution in [0, 0.1) is 0 Å². The third kappa shape index (κ3) is 3.32. The van der Waals surface area contributed by atoms with Crippen molar-refractivity contribution in [1.29, 1.82) is 0 Å². The summed E-state index contributed by atoms with van der Waals surface area (Å²) >= 11 is 0. The van der Waals surface area contributed by atoms with Gasteiger partial charge in [0.1, 0.15) is 6.54 Å². The van der Waals surface area contributed by atoms with Crippen molar-refractivity contribution in [3.63, 3.8) is 0 Å². The van der Waals surface area contributed by atoms with Crippen LogP contribution in [0.15, 0.2) is 6.20 Å². The highest BCUT2D eigenvalue weighted by molar-refractivity contribution is 5.84. The van der Waals surface area contributed by atoms with Crippen LogP contribution >= 0.6 is 0 Å². The Morgan fingerprint density at radius 1 is 1.45 bits per heavy atom. The fourth-order valence-electron chi connectivity index (χ4n) is 2.15. The van der Waals surface area contributed by atoms with E-state index in [1.54, 1.807) is 4.90 Å². The maximum atomic E-state index is 12.2. The molecule has 8 nitrogen and oxygen atoms in total. The lowest BCUT2D eigenvalue weighted by atomic mass is 9.91. The minimum atomic E-state index is -1.17. The van der Waals surface area contributed by atoms with Crippen molar-refractivity contribution in [2.24, 2.45) is 0 Å². The molecule has 0 spiro atoms. The van der Waals surface area contributed by atoms with Crippen molar-refractivity contribution in [3.05, 3.63) is 11.9 Å². The van der Waals surface area contributed by atoms with Gasteiger partial charge in [-0.25, -0.2) is 9.48 Å². The largest absolute Gasteiger partial charge is 0.476 e. The first-order valence-electron chi connectivity index (χ1n) is 6.65. The Hall–Kier alpha value is -1.96. The van der Waals surface area contributed by atoms with Gasteiger partial charge in [0.15, 0.2) is 5.69 Å².